The van der Waals surface area contributed by atoms with Gasteiger partial charge in [-0.2, -0.15) is 0 Å². The molecular formula is C14H19N3O2S. The van der Waals surface area contributed by atoms with Gasteiger partial charge in [-0.15, -0.1) is 11.3 Å². The van der Waals surface area contributed by atoms with Gasteiger partial charge in [-0.1, -0.05) is 19.3 Å². The fourth-order valence-corrected chi connectivity index (χ4v) is 3.57. The van der Waals surface area contributed by atoms with E-state index in [1.54, 1.807) is 11.3 Å². The molecule has 3 rings (SSSR count). The molecule has 0 unspecified atom stereocenters. The van der Waals surface area contributed by atoms with Crippen LogP contribution in [0.15, 0.2) is 11.6 Å². The molecule has 1 fully saturated rings. The maximum atomic E-state index is 10.9. The number of fused-ring (bicyclic) bond motifs is 1. The predicted octanol–water partition coefficient (Wildman–Crippen LogP) is 3.38. The van der Waals surface area contributed by atoms with Crippen LogP contribution in [0.3, 0.4) is 0 Å². The van der Waals surface area contributed by atoms with Crippen LogP contribution in [-0.4, -0.2) is 22.1 Å². The second-order valence-electron chi connectivity index (χ2n) is 5.19. The zero-order chi connectivity index (χ0) is 13.9. The highest BCUT2D eigenvalue weighted by atomic mass is 32.1. The van der Waals surface area contributed by atoms with Gasteiger partial charge in [-0.05, 0) is 12.8 Å². The molecule has 1 saturated carbocycles. The average Bonchev–Trinajstić information content (AvgIpc) is 3.01. The summed E-state index contributed by atoms with van der Waals surface area (Å²) in [5.74, 6) is 1.23. The summed E-state index contributed by atoms with van der Waals surface area (Å²) in [5.41, 5.74) is 1.13. The highest BCUT2D eigenvalue weighted by Crippen LogP contribution is 2.37. The van der Waals surface area contributed by atoms with Gasteiger partial charge in [0.25, 0.3) is 0 Å². The molecule has 1 aliphatic carbocycles. The predicted molar refractivity (Wildman–Crippen MR) is 79.2 cm³/mol. The van der Waals surface area contributed by atoms with Crippen LogP contribution in [0.1, 0.15) is 50.6 Å². The van der Waals surface area contributed by atoms with Crippen molar-refractivity contribution in [2.24, 2.45) is 0 Å². The summed E-state index contributed by atoms with van der Waals surface area (Å²) in [6.07, 6.45) is 8.29. The molecule has 6 heteroatoms. The van der Waals surface area contributed by atoms with Crippen molar-refractivity contribution in [1.82, 2.24) is 9.38 Å². The van der Waals surface area contributed by atoms with Gasteiger partial charge in [-0.25, -0.2) is 4.98 Å². The van der Waals surface area contributed by atoms with Gasteiger partial charge in [0.2, 0.25) is 0 Å². The normalized spacial score (nSPS) is 16.4. The van der Waals surface area contributed by atoms with Crippen molar-refractivity contribution < 1.29 is 9.53 Å². The van der Waals surface area contributed by atoms with Gasteiger partial charge >= 0.3 is 5.97 Å². The summed E-state index contributed by atoms with van der Waals surface area (Å²) < 4.78 is 7.05. The summed E-state index contributed by atoms with van der Waals surface area (Å²) in [6.45, 7) is 1.61. The molecule has 108 valence electrons. The van der Waals surface area contributed by atoms with Crippen molar-refractivity contribution in [3.63, 3.8) is 0 Å². The number of carbonyl (C=O) groups is 1. The van der Waals surface area contributed by atoms with Crippen molar-refractivity contribution >= 4 is 28.1 Å². The zero-order valence-electron chi connectivity index (χ0n) is 11.6. The van der Waals surface area contributed by atoms with E-state index in [0.717, 1.165) is 16.5 Å². The first kappa shape index (κ1) is 13.4. The maximum absolute atomic E-state index is 10.9. The summed E-state index contributed by atoms with van der Waals surface area (Å²) in [5, 5.41) is 5.23. The van der Waals surface area contributed by atoms with E-state index in [2.05, 4.69) is 9.72 Å². The first-order valence-corrected chi connectivity index (χ1v) is 7.96. The number of ether oxygens (including phenoxy) is 1. The highest BCUT2D eigenvalue weighted by molar-refractivity contribution is 7.15. The Bertz CT molecular complexity index is 599. The minimum atomic E-state index is -0.275. The lowest BCUT2D eigenvalue weighted by Gasteiger charge is -2.21. The highest BCUT2D eigenvalue weighted by Gasteiger charge is 2.23. The molecule has 0 aliphatic heterocycles. The standard InChI is InChI=1S/C14H19N3O2S/c1-10(18)19-9-15-13-12(11-5-3-2-4-6-11)16-14-17(13)7-8-20-14/h7-8,11,15H,2-6,9H2,1H3. The van der Waals surface area contributed by atoms with Crippen LogP contribution in [0.4, 0.5) is 5.82 Å². The molecular weight excluding hydrogens is 274 g/mol. The van der Waals surface area contributed by atoms with Crippen molar-refractivity contribution in [3.05, 3.63) is 17.3 Å². The molecule has 2 aromatic rings. The number of aromatic nitrogens is 2. The zero-order valence-corrected chi connectivity index (χ0v) is 12.4. The van der Waals surface area contributed by atoms with Crippen molar-refractivity contribution in [2.75, 3.05) is 12.0 Å². The number of thiazole rings is 1. The van der Waals surface area contributed by atoms with Gasteiger partial charge in [0, 0.05) is 24.4 Å². The summed E-state index contributed by atoms with van der Waals surface area (Å²) in [4.78, 5) is 16.7. The van der Waals surface area contributed by atoms with Gasteiger partial charge in [0.1, 0.15) is 5.82 Å². The number of carbonyl (C=O) groups excluding carboxylic acids is 1. The lowest BCUT2D eigenvalue weighted by Crippen LogP contribution is -2.14. The summed E-state index contributed by atoms with van der Waals surface area (Å²) in [6, 6.07) is 0. The molecule has 0 bridgehead atoms. The lowest BCUT2D eigenvalue weighted by molar-refractivity contribution is -0.140. The number of rotatable bonds is 4. The molecule has 2 aromatic heterocycles. The second-order valence-corrected chi connectivity index (χ2v) is 6.07. The molecule has 0 aromatic carbocycles. The van der Waals surface area contributed by atoms with Gasteiger partial charge in [0.05, 0.1) is 5.69 Å². The Labute approximate surface area is 122 Å². The smallest absolute Gasteiger partial charge is 0.304 e. The van der Waals surface area contributed by atoms with E-state index in [9.17, 15) is 4.79 Å². The molecule has 0 amide bonds. The van der Waals surface area contributed by atoms with E-state index in [1.807, 2.05) is 11.6 Å². The van der Waals surface area contributed by atoms with E-state index in [0.29, 0.717) is 5.92 Å². The fourth-order valence-electron chi connectivity index (χ4n) is 2.84. The number of hydrogen-bond donors (Lipinski definition) is 1. The Hall–Kier alpha value is -1.56. The fraction of sp³-hybridized carbons (Fsp3) is 0.571. The Balaban J connectivity index is 1.85. The van der Waals surface area contributed by atoms with Crippen LogP contribution in [-0.2, 0) is 9.53 Å². The largest absolute Gasteiger partial charge is 0.445 e. The van der Waals surface area contributed by atoms with Crippen molar-refractivity contribution in [1.29, 1.82) is 0 Å². The second kappa shape index (κ2) is 5.83. The monoisotopic (exact) mass is 293 g/mol. The van der Waals surface area contributed by atoms with Crippen molar-refractivity contribution in [3.8, 4) is 0 Å². The average molecular weight is 293 g/mol. The van der Waals surface area contributed by atoms with Crippen LogP contribution in [0.2, 0.25) is 0 Å². The third kappa shape index (κ3) is 2.65. The number of nitrogens with one attached hydrogen (secondary N) is 1. The first-order chi connectivity index (χ1) is 9.75. The molecule has 1 N–H and O–H groups in total. The topological polar surface area (TPSA) is 55.6 Å². The SMILES string of the molecule is CC(=O)OCNc1c(C2CCCCC2)nc2sccn12. The Morgan fingerprint density at radius 2 is 2.30 bits per heavy atom. The Kier molecular flexibility index (Phi) is 3.91. The minimum Gasteiger partial charge on any atom is -0.445 e. The van der Waals surface area contributed by atoms with Gasteiger partial charge in [-0.3, -0.25) is 9.20 Å². The van der Waals surface area contributed by atoms with Crippen LogP contribution in [0.5, 0.6) is 0 Å². The molecule has 0 saturated heterocycles. The van der Waals surface area contributed by atoms with E-state index >= 15 is 0 Å². The van der Waals surface area contributed by atoms with E-state index in [4.69, 9.17) is 9.72 Å². The van der Waals surface area contributed by atoms with Gasteiger partial charge < -0.3 is 10.1 Å². The van der Waals surface area contributed by atoms with Gasteiger partial charge in [0.15, 0.2) is 11.7 Å². The minimum absolute atomic E-state index is 0.193. The number of nitrogens with zero attached hydrogens (tertiary/aromatic N) is 2. The molecule has 1 aliphatic rings. The Morgan fingerprint density at radius 3 is 3.05 bits per heavy atom. The van der Waals surface area contributed by atoms with Crippen LogP contribution in [0.25, 0.3) is 4.96 Å². The lowest BCUT2D eigenvalue weighted by atomic mass is 9.87. The number of imidazole rings is 1. The molecule has 0 radical (unpaired) electrons. The summed E-state index contributed by atoms with van der Waals surface area (Å²) in [7, 11) is 0. The van der Waals surface area contributed by atoms with Crippen molar-refractivity contribution in [2.45, 2.75) is 44.9 Å². The Morgan fingerprint density at radius 1 is 1.50 bits per heavy atom. The van der Waals surface area contributed by atoms with E-state index in [1.165, 1.54) is 39.0 Å². The third-order valence-corrected chi connectivity index (χ3v) is 4.55. The number of anilines is 1. The molecule has 0 atom stereocenters. The maximum Gasteiger partial charge on any atom is 0.304 e. The number of hydrogen-bond acceptors (Lipinski definition) is 5. The molecule has 5 nitrogen and oxygen atoms in total. The number of esters is 1. The first-order valence-electron chi connectivity index (χ1n) is 7.08. The third-order valence-electron chi connectivity index (χ3n) is 3.80. The van der Waals surface area contributed by atoms with Crippen LogP contribution in [0, 0.1) is 0 Å². The van der Waals surface area contributed by atoms with Crippen LogP contribution < -0.4 is 5.32 Å². The molecule has 0 spiro atoms. The quantitative estimate of drug-likeness (QED) is 0.693. The molecule has 2 heterocycles. The summed E-state index contributed by atoms with van der Waals surface area (Å²) >= 11 is 1.63. The van der Waals surface area contributed by atoms with E-state index in [-0.39, 0.29) is 12.7 Å². The van der Waals surface area contributed by atoms with E-state index < -0.39 is 0 Å². The molecule has 20 heavy (non-hydrogen) atoms. The van der Waals surface area contributed by atoms with Crippen LogP contribution >= 0.6 is 11.3 Å².